The summed E-state index contributed by atoms with van der Waals surface area (Å²) in [6.07, 6.45) is 2.80. The highest BCUT2D eigenvalue weighted by molar-refractivity contribution is 7.89. The molecule has 2 saturated heterocycles. The molecule has 1 atom stereocenters. The fourth-order valence-electron chi connectivity index (χ4n) is 4.18. The minimum absolute atomic E-state index is 0.164. The highest BCUT2D eigenvalue weighted by Crippen LogP contribution is 2.33. The van der Waals surface area contributed by atoms with E-state index in [0.29, 0.717) is 61.8 Å². The minimum atomic E-state index is -3.64. The van der Waals surface area contributed by atoms with Crippen LogP contribution in [0.3, 0.4) is 0 Å². The van der Waals surface area contributed by atoms with Gasteiger partial charge in [-0.3, -0.25) is 0 Å². The van der Waals surface area contributed by atoms with Crippen molar-refractivity contribution < 1.29 is 22.6 Å². The summed E-state index contributed by atoms with van der Waals surface area (Å²) in [4.78, 5) is 12.7. The van der Waals surface area contributed by atoms with Gasteiger partial charge in [-0.1, -0.05) is 0 Å². The van der Waals surface area contributed by atoms with Gasteiger partial charge in [-0.05, 0) is 31.0 Å². The van der Waals surface area contributed by atoms with E-state index in [1.165, 1.54) is 17.5 Å². The molecule has 0 amide bonds. The molecule has 0 bridgehead atoms. The molecule has 0 spiro atoms. The van der Waals surface area contributed by atoms with E-state index in [9.17, 15) is 8.42 Å². The summed E-state index contributed by atoms with van der Waals surface area (Å²) < 4.78 is 43.8. The second-order valence-corrected chi connectivity index (χ2v) is 10.2. The van der Waals surface area contributed by atoms with Gasteiger partial charge in [-0.25, -0.2) is 8.42 Å². The zero-order valence-corrected chi connectivity index (χ0v) is 19.9. The van der Waals surface area contributed by atoms with Crippen molar-refractivity contribution in [2.45, 2.75) is 24.3 Å². The average Bonchev–Trinajstić information content (AvgIpc) is 3.49. The summed E-state index contributed by atoms with van der Waals surface area (Å²) in [6, 6.07) is 4.92. The van der Waals surface area contributed by atoms with Gasteiger partial charge < -0.3 is 29.8 Å². The molecule has 1 aromatic carbocycles. The lowest BCUT2D eigenvalue weighted by Gasteiger charge is -2.26. The van der Waals surface area contributed by atoms with Crippen LogP contribution < -0.4 is 15.4 Å². The third kappa shape index (κ3) is 4.41. The predicted octanol–water partition coefficient (Wildman–Crippen LogP) is 2.24. The van der Waals surface area contributed by atoms with E-state index in [4.69, 9.17) is 19.2 Å². The normalized spacial score (nSPS) is 19.4. The van der Waals surface area contributed by atoms with Gasteiger partial charge >= 0.3 is 0 Å². The molecule has 2 aromatic heterocycles. The molecule has 11 nitrogen and oxygen atoms in total. The van der Waals surface area contributed by atoms with Crippen molar-refractivity contribution in [3.05, 3.63) is 30.0 Å². The molecule has 3 aromatic rings. The highest BCUT2D eigenvalue weighted by atomic mass is 32.2. The number of morpholine rings is 1. The van der Waals surface area contributed by atoms with Crippen molar-refractivity contribution >= 4 is 38.5 Å². The van der Waals surface area contributed by atoms with Crippen LogP contribution in [0.1, 0.15) is 12.0 Å². The molecule has 2 fully saturated rings. The lowest BCUT2D eigenvalue weighted by Crippen LogP contribution is -2.40. The Labute approximate surface area is 197 Å². The molecule has 2 aliphatic heterocycles. The minimum Gasteiger partial charge on any atom is -0.495 e. The Morgan fingerprint density at radius 3 is 2.74 bits per heavy atom. The van der Waals surface area contributed by atoms with Crippen molar-refractivity contribution in [2.24, 2.45) is 0 Å². The number of anilines is 3. The molecule has 3 N–H and O–H groups in total. The molecule has 4 heterocycles. The van der Waals surface area contributed by atoms with Crippen LogP contribution in [0.2, 0.25) is 0 Å². The number of sulfonamides is 1. The van der Waals surface area contributed by atoms with Crippen LogP contribution in [0.25, 0.3) is 11.0 Å². The molecule has 0 radical (unpaired) electrons. The molecule has 0 saturated carbocycles. The third-order valence-electron chi connectivity index (χ3n) is 6.03. The Hall–Kier alpha value is -2.93. The summed E-state index contributed by atoms with van der Waals surface area (Å²) in [5.41, 5.74) is 2.29. The Bertz CT molecular complexity index is 1280. The van der Waals surface area contributed by atoms with E-state index in [2.05, 4.69) is 20.6 Å². The number of aromatic nitrogens is 3. The fraction of sp³-hybridized carbons (Fsp3) is 0.455. The lowest BCUT2D eigenvalue weighted by atomic mass is 10.2. The van der Waals surface area contributed by atoms with E-state index in [1.54, 1.807) is 12.1 Å². The van der Waals surface area contributed by atoms with Gasteiger partial charge in [0.1, 0.15) is 17.2 Å². The largest absolute Gasteiger partial charge is 0.495 e. The number of H-pyrrole nitrogens is 1. The molecule has 182 valence electrons. The van der Waals surface area contributed by atoms with Gasteiger partial charge in [-0.15, -0.1) is 0 Å². The predicted molar refractivity (Wildman–Crippen MR) is 127 cm³/mol. The van der Waals surface area contributed by atoms with Gasteiger partial charge in [0.05, 0.1) is 48.9 Å². The number of nitrogens with one attached hydrogen (secondary N) is 3. The van der Waals surface area contributed by atoms with Crippen molar-refractivity contribution in [1.29, 1.82) is 0 Å². The summed E-state index contributed by atoms with van der Waals surface area (Å²) >= 11 is 0. The number of rotatable bonds is 7. The summed E-state index contributed by atoms with van der Waals surface area (Å²) in [6.45, 7) is 4.79. The molecular weight excluding hydrogens is 460 g/mol. The van der Waals surface area contributed by atoms with Crippen LogP contribution in [0.5, 0.6) is 5.75 Å². The van der Waals surface area contributed by atoms with E-state index < -0.39 is 10.0 Å². The molecule has 0 aliphatic carbocycles. The van der Waals surface area contributed by atoms with Gasteiger partial charge in [0.2, 0.25) is 16.0 Å². The van der Waals surface area contributed by atoms with E-state index in [-0.39, 0.29) is 10.9 Å². The van der Waals surface area contributed by atoms with Crippen LogP contribution in [0.4, 0.5) is 17.5 Å². The summed E-state index contributed by atoms with van der Waals surface area (Å²) in [5.74, 6) is 1.45. The van der Waals surface area contributed by atoms with Crippen molar-refractivity contribution in [1.82, 2.24) is 19.3 Å². The lowest BCUT2D eigenvalue weighted by molar-refractivity contribution is 0.0730. The van der Waals surface area contributed by atoms with Crippen molar-refractivity contribution in [2.75, 3.05) is 57.3 Å². The monoisotopic (exact) mass is 488 g/mol. The molecule has 12 heteroatoms. The maximum atomic E-state index is 13.0. The smallest absolute Gasteiger partial charge is 0.243 e. The number of aryl methyl sites for hydroxylation is 1. The van der Waals surface area contributed by atoms with Crippen LogP contribution in [0.15, 0.2) is 29.3 Å². The van der Waals surface area contributed by atoms with Gasteiger partial charge in [0.15, 0.2) is 0 Å². The number of hydrogen-bond acceptors (Lipinski definition) is 9. The SMILES string of the molecule is COc1cc(S(=O)(=O)N2CCOCC2)ccc1Nc1nc(N[C@H]2CCOC2)c2c(C)c[nH]c2n1. The topological polar surface area (TPSA) is 131 Å². The molecule has 2 aliphatic rings. The number of fused-ring (bicyclic) bond motifs is 1. The number of hydrogen-bond donors (Lipinski definition) is 3. The first-order valence-corrected chi connectivity index (χ1v) is 12.6. The zero-order valence-electron chi connectivity index (χ0n) is 19.1. The van der Waals surface area contributed by atoms with Crippen LogP contribution >= 0.6 is 0 Å². The Balaban J connectivity index is 1.45. The van der Waals surface area contributed by atoms with E-state index in [0.717, 1.165) is 24.0 Å². The standard InChI is InChI=1S/C22H28N6O5S/c1-14-12-23-20-19(14)21(24-15-5-8-33-13-15)27-22(26-20)25-17-4-3-16(11-18(17)31-2)34(29,30)28-6-9-32-10-7-28/h3-4,11-12,15H,5-10,13H2,1-2H3,(H3,23,24,25,26,27)/t15-/m0/s1. The number of benzene rings is 1. The molecule has 0 unspecified atom stereocenters. The Morgan fingerprint density at radius 2 is 2.00 bits per heavy atom. The maximum Gasteiger partial charge on any atom is 0.243 e. The Kier molecular flexibility index (Phi) is 6.30. The quantitative estimate of drug-likeness (QED) is 0.458. The highest BCUT2D eigenvalue weighted by Gasteiger charge is 2.27. The van der Waals surface area contributed by atoms with Crippen LogP contribution in [-0.2, 0) is 19.5 Å². The van der Waals surface area contributed by atoms with Gasteiger partial charge in [0, 0.05) is 32.0 Å². The molecule has 34 heavy (non-hydrogen) atoms. The molecular formula is C22H28N6O5S. The fourth-order valence-corrected chi connectivity index (χ4v) is 5.61. The van der Waals surface area contributed by atoms with Crippen molar-refractivity contribution in [3.63, 3.8) is 0 Å². The summed E-state index contributed by atoms with van der Waals surface area (Å²) in [5, 5.41) is 7.58. The van der Waals surface area contributed by atoms with Gasteiger partial charge in [0.25, 0.3) is 0 Å². The van der Waals surface area contributed by atoms with Crippen LogP contribution in [-0.4, -0.2) is 80.3 Å². The van der Waals surface area contributed by atoms with Crippen molar-refractivity contribution in [3.8, 4) is 5.75 Å². The molecule has 5 rings (SSSR count). The third-order valence-corrected chi connectivity index (χ3v) is 7.92. The number of nitrogens with zero attached hydrogens (tertiary/aromatic N) is 3. The first-order valence-electron chi connectivity index (χ1n) is 11.2. The van der Waals surface area contributed by atoms with E-state index >= 15 is 0 Å². The van der Waals surface area contributed by atoms with E-state index in [1.807, 2.05) is 13.1 Å². The second-order valence-electron chi connectivity index (χ2n) is 8.30. The first-order chi connectivity index (χ1) is 16.5. The number of aromatic amines is 1. The zero-order chi connectivity index (χ0) is 23.7. The number of methoxy groups -OCH3 is 1. The van der Waals surface area contributed by atoms with Gasteiger partial charge in [-0.2, -0.15) is 14.3 Å². The average molecular weight is 489 g/mol. The first kappa shape index (κ1) is 22.8. The van der Waals surface area contributed by atoms with Crippen LogP contribution in [0, 0.1) is 6.92 Å². The second kappa shape index (κ2) is 9.37. The summed E-state index contributed by atoms with van der Waals surface area (Å²) in [7, 11) is -2.15. The maximum absolute atomic E-state index is 13.0. The number of ether oxygens (including phenoxy) is 3. The Morgan fingerprint density at radius 1 is 1.18 bits per heavy atom.